The van der Waals surface area contributed by atoms with Crippen LogP contribution in [-0.4, -0.2) is 29.1 Å². The van der Waals surface area contributed by atoms with Crippen LogP contribution in [0.3, 0.4) is 0 Å². The fraction of sp³-hybridized carbons (Fsp3) is 0.300. The van der Waals surface area contributed by atoms with Gasteiger partial charge in [-0.05, 0) is 12.0 Å². The molecule has 0 aromatic heterocycles. The van der Waals surface area contributed by atoms with E-state index in [1.807, 2.05) is 0 Å². The van der Waals surface area contributed by atoms with E-state index in [4.69, 9.17) is 5.11 Å². The second kappa shape index (κ2) is 3.58. The van der Waals surface area contributed by atoms with Crippen LogP contribution in [0.25, 0.3) is 0 Å². The van der Waals surface area contributed by atoms with E-state index < -0.39 is 0 Å². The molecule has 1 N–H and O–H groups in total. The van der Waals surface area contributed by atoms with E-state index >= 15 is 0 Å². The molecule has 3 heteroatoms. The molecule has 0 aromatic carbocycles. The van der Waals surface area contributed by atoms with Gasteiger partial charge in [-0.1, -0.05) is 19.7 Å². The van der Waals surface area contributed by atoms with Gasteiger partial charge in [0.2, 0.25) is 0 Å². The molecule has 0 saturated carbocycles. The molecule has 1 rings (SSSR count). The number of carbonyl (C=O) groups excluding carboxylic acids is 1. The summed E-state index contributed by atoms with van der Waals surface area (Å²) in [7, 11) is 0. The molecule has 0 aliphatic carbocycles. The first-order valence-electron chi connectivity index (χ1n) is 4.05. The molecule has 0 unspecified atom stereocenters. The first-order valence-corrected chi connectivity index (χ1v) is 4.05. The van der Waals surface area contributed by atoms with E-state index in [1.165, 1.54) is 4.90 Å². The lowest BCUT2D eigenvalue weighted by Gasteiger charge is -2.17. The Morgan fingerprint density at radius 2 is 2.15 bits per heavy atom. The maximum absolute atomic E-state index is 11.5. The van der Waals surface area contributed by atoms with Gasteiger partial charge in [-0.25, -0.2) is 0 Å². The maximum Gasteiger partial charge on any atom is 0.255 e. The molecule has 1 fully saturated rings. The summed E-state index contributed by atoms with van der Waals surface area (Å²) < 4.78 is 0. The van der Waals surface area contributed by atoms with Gasteiger partial charge < -0.3 is 10.0 Å². The summed E-state index contributed by atoms with van der Waals surface area (Å²) in [6, 6.07) is 0. The van der Waals surface area contributed by atoms with Crippen molar-refractivity contribution in [1.82, 2.24) is 4.90 Å². The predicted octanol–water partition coefficient (Wildman–Crippen LogP) is 0.837. The van der Waals surface area contributed by atoms with Crippen LogP contribution < -0.4 is 0 Å². The minimum Gasteiger partial charge on any atom is -0.391 e. The zero-order chi connectivity index (χ0) is 10.0. The number of aliphatic hydroxyl groups is 1. The minimum atomic E-state index is -0.310. The molecule has 0 radical (unpaired) electrons. The topological polar surface area (TPSA) is 40.5 Å². The molecular weight excluding hydrogens is 166 g/mol. The summed E-state index contributed by atoms with van der Waals surface area (Å²) in [6.07, 6.45) is 0.753. The van der Waals surface area contributed by atoms with Crippen molar-refractivity contribution >= 4 is 5.91 Å². The molecule has 1 heterocycles. The summed E-state index contributed by atoms with van der Waals surface area (Å²) in [5.41, 5.74) is 1.70. The van der Waals surface area contributed by atoms with Gasteiger partial charge in [0, 0.05) is 17.8 Å². The molecule has 1 amide bonds. The SMILES string of the molecule is C=C1CCN(C(=O)C(=C)CO)C1=C. The van der Waals surface area contributed by atoms with Crippen LogP contribution in [0.5, 0.6) is 0 Å². The zero-order valence-electron chi connectivity index (χ0n) is 7.55. The average molecular weight is 179 g/mol. The van der Waals surface area contributed by atoms with Crippen LogP contribution >= 0.6 is 0 Å². The number of likely N-dealkylation sites (tertiary alicyclic amines) is 1. The Kier molecular flexibility index (Phi) is 2.68. The summed E-state index contributed by atoms with van der Waals surface area (Å²) in [5, 5.41) is 8.72. The van der Waals surface area contributed by atoms with Crippen LogP contribution in [0.15, 0.2) is 36.6 Å². The monoisotopic (exact) mass is 179 g/mol. The van der Waals surface area contributed by atoms with Gasteiger partial charge in [-0.3, -0.25) is 4.79 Å². The minimum absolute atomic E-state index is 0.191. The zero-order valence-corrected chi connectivity index (χ0v) is 7.55. The van der Waals surface area contributed by atoms with Gasteiger partial charge in [0.15, 0.2) is 0 Å². The van der Waals surface area contributed by atoms with E-state index in [-0.39, 0.29) is 18.1 Å². The lowest BCUT2D eigenvalue weighted by Crippen LogP contribution is -2.28. The number of nitrogens with zero attached hydrogens (tertiary/aromatic N) is 1. The van der Waals surface area contributed by atoms with Crippen LogP contribution in [0, 0.1) is 0 Å². The summed E-state index contributed by atoms with van der Waals surface area (Å²) in [5.74, 6) is -0.258. The van der Waals surface area contributed by atoms with Gasteiger partial charge in [-0.2, -0.15) is 0 Å². The van der Waals surface area contributed by atoms with Crippen molar-refractivity contribution in [2.24, 2.45) is 0 Å². The largest absolute Gasteiger partial charge is 0.391 e. The Morgan fingerprint density at radius 1 is 1.54 bits per heavy atom. The third kappa shape index (κ3) is 1.70. The Morgan fingerprint density at radius 3 is 2.54 bits per heavy atom. The predicted molar refractivity (Wildman–Crippen MR) is 50.8 cm³/mol. The van der Waals surface area contributed by atoms with Gasteiger partial charge >= 0.3 is 0 Å². The smallest absolute Gasteiger partial charge is 0.255 e. The highest BCUT2D eigenvalue weighted by Gasteiger charge is 2.25. The molecule has 1 aliphatic rings. The maximum atomic E-state index is 11.5. The third-order valence-electron chi connectivity index (χ3n) is 2.11. The highest BCUT2D eigenvalue weighted by Crippen LogP contribution is 2.25. The van der Waals surface area contributed by atoms with E-state index in [9.17, 15) is 4.79 Å². The summed E-state index contributed by atoms with van der Waals surface area (Å²) >= 11 is 0. The standard InChI is InChI=1S/C10H13NO2/c1-7-4-5-11(9(7)3)10(13)8(2)6-12/h12H,1-6H2. The molecular formula is C10H13NO2. The van der Waals surface area contributed by atoms with Crippen molar-refractivity contribution in [2.75, 3.05) is 13.2 Å². The number of carbonyl (C=O) groups is 1. The molecule has 0 atom stereocenters. The van der Waals surface area contributed by atoms with Crippen LogP contribution in [0.2, 0.25) is 0 Å². The average Bonchev–Trinajstić information content (AvgIpc) is 2.45. The third-order valence-corrected chi connectivity index (χ3v) is 2.11. The summed E-state index contributed by atoms with van der Waals surface area (Å²) in [6.45, 7) is 11.3. The Hall–Kier alpha value is -1.35. The lowest BCUT2D eigenvalue weighted by atomic mass is 10.2. The Balaban J connectivity index is 2.74. The van der Waals surface area contributed by atoms with Gasteiger partial charge in [0.25, 0.3) is 5.91 Å². The molecule has 0 aromatic rings. The van der Waals surface area contributed by atoms with Crippen molar-refractivity contribution in [3.05, 3.63) is 36.6 Å². The van der Waals surface area contributed by atoms with Gasteiger partial charge in [-0.15, -0.1) is 0 Å². The van der Waals surface area contributed by atoms with E-state index in [2.05, 4.69) is 19.7 Å². The second-order valence-electron chi connectivity index (χ2n) is 3.02. The number of aliphatic hydroxyl groups excluding tert-OH is 1. The van der Waals surface area contributed by atoms with Crippen LogP contribution in [0.1, 0.15) is 6.42 Å². The van der Waals surface area contributed by atoms with Crippen molar-refractivity contribution < 1.29 is 9.90 Å². The highest BCUT2D eigenvalue weighted by atomic mass is 16.3. The molecule has 0 bridgehead atoms. The number of allylic oxidation sites excluding steroid dienone is 1. The number of hydrogen-bond acceptors (Lipinski definition) is 2. The van der Waals surface area contributed by atoms with Crippen LogP contribution in [-0.2, 0) is 4.79 Å². The van der Waals surface area contributed by atoms with E-state index in [1.54, 1.807) is 0 Å². The van der Waals surface area contributed by atoms with Crippen molar-refractivity contribution in [2.45, 2.75) is 6.42 Å². The fourth-order valence-corrected chi connectivity index (χ4v) is 1.20. The normalized spacial score (nSPS) is 16.5. The molecule has 70 valence electrons. The van der Waals surface area contributed by atoms with Gasteiger partial charge in [0.05, 0.1) is 6.61 Å². The number of rotatable bonds is 2. The number of hydrogen-bond donors (Lipinski definition) is 1. The first-order chi connectivity index (χ1) is 6.07. The summed E-state index contributed by atoms with van der Waals surface area (Å²) in [4.78, 5) is 13.0. The Labute approximate surface area is 77.7 Å². The molecule has 1 aliphatic heterocycles. The fourth-order valence-electron chi connectivity index (χ4n) is 1.20. The van der Waals surface area contributed by atoms with Crippen molar-refractivity contribution in [3.8, 4) is 0 Å². The number of amides is 1. The van der Waals surface area contributed by atoms with Gasteiger partial charge in [0.1, 0.15) is 0 Å². The highest BCUT2D eigenvalue weighted by molar-refractivity contribution is 5.95. The second-order valence-corrected chi connectivity index (χ2v) is 3.02. The Bertz CT molecular complexity index is 291. The lowest BCUT2D eigenvalue weighted by molar-refractivity contribution is -0.125. The van der Waals surface area contributed by atoms with Crippen LogP contribution in [0.4, 0.5) is 0 Å². The molecule has 13 heavy (non-hydrogen) atoms. The van der Waals surface area contributed by atoms with E-state index in [0.717, 1.165) is 12.0 Å². The molecule has 3 nitrogen and oxygen atoms in total. The first kappa shape index (κ1) is 9.74. The van der Waals surface area contributed by atoms with Crippen molar-refractivity contribution in [3.63, 3.8) is 0 Å². The molecule has 1 saturated heterocycles. The quantitative estimate of drug-likeness (QED) is 0.638. The van der Waals surface area contributed by atoms with Crippen molar-refractivity contribution in [1.29, 1.82) is 0 Å². The van der Waals surface area contributed by atoms with E-state index in [0.29, 0.717) is 12.2 Å². The molecule has 0 spiro atoms.